The fourth-order valence-electron chi connectivity index (χ4n) is 1.49. The zero-order valence-electron chi connectivity index (χ0n) is 10.6. The molecule has 0 heterocycles. The molecule has 3 N–H and O–H groups in total. The van der Waals surface area contributed by atoms with Gasteiger partial charge in [-0.1, -0.05) is 13.3 Å². The molecule has 0 radical (unpaired) electrons. The Labute approximate surface area is 102 Å². The van der Waals surface area contributed by atoms with Gasteiger partial charge in [0.05, 0.1) is 12.6 Å². The molecule has 102 valence electrons. The Kier molecular flexibility index (Phi) is 8.89. The average molecular weight is 251 g/mol. The minimum absolute atomic E-state index is 0.215. The number of unbranched alkanes of at least 4 members (excludes halogenated alkanes) is 1. The van der Waals surface area contributed by atoms with Crippen LogP contribution >= 0.6 is 0 Å². The summed E-state index contributed by atoms with van der Waals surface area (Å²) in [4.78, 5) is 13.1. The van der Waals surface area contributed by atoms with E-state index in [4.69, 9.17) is 5.73 Å². The van der Waals surface area contributed by atoms with Gasteiger partial charge in [-0.2, -0.15) is 0 Å². The highest BCUT2D eigenvalue weighted by molar-refractivity contribution is 5.81. The smallest absolute Gasteiger partial charge is 0.251 e. The van der Waals surface area contributed by atoms with Crippen molar-refractivity contribution in [3.8, 4) is 0 Å². The van der Waals surface area contributed by atoms with E-state index in [0.717, 1.165) is 12.8 Å². The van der Waals surface area contributed by atoms with E-state index in [1.54, 1.807) is 6.92 Å². The van der Waals surface area contributed by atoms with Crippen molar-refractivity contribution in [2.75, 3.05) is 26.2 Å². The maximum Gasteiger partial charge on any atom is 0.251 e. The summed E-state index contributed by atoms with van der Waals surface area (Å²) < 4.78 is 24.6. The maximum atomic E-state index is 12.3. The molecule has 0 bridgehead atoms. The van der Waals surface area contributed by atoms with Gasteiger partial charge in [0.1, 0.15) is 0 Å². The van der Waals surface area contributed by atoms with Crippen LogP contribution < -0.4 is 11.1 Å². The molecule has 1 atom stereocenters. The number of hydrogen-bond acceptors (Lipinski definition) is 3. The first-order valence-corrected chi connectivity index (χ1v) is 6.02. The lowest BCUT2D eigenvalue weighted by Crippen LogP contribution is -2.48. The van der Waals surface area contributed by atoms with Gasteiger partial charge < -0.3 is 11.1 Å². The van der Waals surface area contributed by atoms with Crippen molar-refractivity contribution in [1.82, 2.24) is 10.2 Å². The van der Waals surface area contributed by atoms with Crippen LogP contribution in [0.4, 0.5) is 8.78 Å². The molecule has 0 aromatic heterocycles. The van der Waals surface area contributed by atoms with Crippen LogP contribution in [0.1, 0.15) is 26.7 Å². The van der Waals surface area contributed by atoms with Gasteiger partial charge >= 0.3 is 0 Å². The highest BCUT2D eigenvalue weighted by Crippen LogP contribution is 2.04. The Hall–Kier alpha value is -0.750. The van der Waals surface area contributed by atoms with E-state index >= 15 is 0 Å². The molecule has 6 heteroatoms. The lowest BCUT2D eigenvalue weighted by molar-refractivity contribution is -0.126. The topological polar surface area (TPSA) is 58.4 Å². The molecule has 17 heavy (non-hydrogen) atoms. The van der Waals surface area contributed by atoms with E-state index in [-0.39, 0.29) is 12.5 Å². The third-order valence-corrected chi connectivity index (χ3v) is 2.55. The number of hydrogen-bond donors (Lipinski definition) is 2. The summed E-state index contributed by atoms with van der Waals surface area (Å²) in [6.45, 7) is 4.38. The molecule has 0 aromatic rings. The molecule has 0 aromatic carbocycles. The highest BCUT2D eigenvalue weighted by Gasteiger charge is 2.22. The summed E-state index contributed by atoms with van der Waals surface area (Å²) in [6, 6.07) is -0.565. The van der Waals surface area contributed by atoms with Crippen molar-refractivity contribution in [3.63, 3.8) is 0 Å². The van der Waals surface area contributed by atoms with Crippen molar-refractivity contribution in [1.29, 1.82) is 0 Å². The molecule has 0 aliphatic heterocycles. The van der Waals surface area contributed by atoms with Gasteiger partial charge in [0.2, 0.25) is 5.91 Å². The lowest BCUT2D eigenvalue weighted by atomic mass is 10.2. The van der Waals surface area contributed by atoms with Crippen molar-refractivity contribution >= 4 is 5.91 Å². The van der Waals surface area contributed by atoms with E-state index in [2.05, 4.69) is 5.32 Å². The minimum atomic E-state index is -2.45. The van der Waals surface area contributed by atoms with Gasteiger partial charge in [0.25, 0.3) is 6.43 Å². The van der Waals surface area contributed by atoms with Crippen molar-refractivity contribution in [2.24, 2.45) is 5.73 Å². The molecule has 0 saturated carbocycles. The Morgan fingerprint density at radius 1 is 1.47 bits per heavy atom. The zero-order chi connectivity index (χ0) is 13.3. The van der Waals surface area contributed by atoms with E-state index in [1.807, 2.05) is 6.92 Å². The second kappa shape index (κ2) is 9.30. The van der Waals surface area contributed by atoms with Crippen LogP contribution in [0.15, 0.2) is 0 Å². The third-order valence-electron chi connectivity index (χ3n) is 2.55. The van der Waals surface area contributed by atoms with Gasteiger partial charge in [0.15, 0.2) is 0 Å². The van der Waals surface area contributed by atoms with Crippen molar-refractivity contribution < 1.29 is 13.6 Å². The van der Waals surface area contributed by atoms with Gasteiger partial charge in [-0.3, -0.25) is 9.69 Å². The van der Waals surface area contributed by atoms with E-state index in [0.29, 0.717) is 13.1 Å². The number of halogens is 2. The predicted molar refractivity (Wildman–Crippen MR) is 64.0 cm³/mol. The largest absolute Gasteiger partial charge is 0.355 e. The second-order valence-corrected chi connectivity index (χ2v) is 4.00. The monoisotopic (exact) mass is 251 g/mol. The average Bonchev–Trinajstić information content (AvgIpc) is 2.27. The summed E-state index contributed by atoms with van der Waals surface area (Å²) in [5.41, 5.74) is 5.35. The molecular formula is C11H23F2N3O. The van der Waals surface area contributed by atoms with Crippen LogP contribution in [0.2, 0.25) is 0 Å². The number of rotatable bonds is 9. The first-order valence-electron chi connectivity index (χ1n) is 6.02. The molecule has 0 spiro atoms. The lowest BCUT2D eigenvalue weighted by Gasteiger charge is -2.27. The number of nitrogens with zero attached hydrogens (tertiary/aromatic N) is 1. The normalized spacial score (nSPS) is 13.1. The molecule has 0 aliphatic carbocycles. The SMILES string of the molecule is CCCCNC(=O)C(C)N(CCN)CC(F)F. The van der Waals surface area contributed by atoms with Gasteiger partial charge in [0, 0.05) is 19.6 Å². The standard InChI is InChI=1S/C11H23F2N3O/c1-3-4-6-15-11(17)9(2)16(7-5-14)8-10(12)13/h9-10H,3-8,14H2,1-2H3,(H,15,17). The fraction of sp³-hybridized carbons (Fsp3) is 0.909. The number of nitrogens with one attached hydrogen (secondary N) is 1. The molecule has 4 nitrogen and oxygen atoms in total. The third kappa shape index (κ3) is 7.23. The molecule has 0 fully saturated rings. The highest BCUT2D eigenvalue weighted by atomic mass is 19.3. The Balaban J connectivity index is 4.18. The number of carbonyl (C=O) groups excluding carboxylic acids is 1. The number of amides is 1. The van der Waals surface area contributed by atoms with Crippen LogP contribution in [0.25, 0.3) is 0 Å². The number of carbonyl (C=O) groups is 1. The van der Waals surface area contributed by atoms with Crippen LogP contribution in [0, 0.1) is 0 Å². The molecule has 0 saturated heterocycles. The molecule has 0 aliphatic rings. The Morgan fingerprint density at radius 2 is 2.12 bits per heavy atom. The molecule has 1 amide bonds. The van der Waals surface area contributed by atoms with Gasteiger partial charge in [-0.15, -0.1) is 0 Å². The maximum absolute atomic E-state index is 12.3. The number of alkyl halides is 2. The summed E-state index contributed by atoms with van der Waals surface area (Å²) in [7, 11) is 0. The second-order valence-electron chi connectivity index (χ2n) is 4.00. The first-order chi connectivity index (χ1) is 8.02. The molecular weight excluding hydrogens is 228 g/mol. The van der Waals surface area contributed by atoms with Crippen LogP contribution in [0.5, 0.6) is 0 Å². The summed E-state index contributed by atoms with van der Waals surface area (Å²) in [5, 5.41) is 2.73. The van der Waals surface area contributed by atoms with Crippen molar-refractivity contribution in [3.05, 3.63) is 0 Å². The molecule has 1 unspecified atom stereocenters. The van der Waals surface area contributed by atoms with E-state index in [9.17, 15) is 13.6 Å². The van der Waals surface area contributed by atoms with Crippen LogP contribution in [0.3, 0.4) is 0 Å². The summed E-state index contributed by atoms with van der Waals surface area (Å²) in [5.74, 6) is -0.215. The first kappa shape index (κ1) is 16.2. The minimum Gasteiger partial charge on any atom is -0.355 e. The zero-order valence-corrected chi connectivity index (χ0v) is 10.6. The molecule has 0 rings (SSSR count). The fourth-order valence-corrected chi connectivity index (χ4v) is 1.49. The predicted octanol–water partition coefficient (Wildman–Crippen LogP) is 0.817. The van der Waals surface area contributed by atoms with Gasteiger partial charge in [-0.25, -0.2) is 8.78 Å². The quantitative estimate of drug-likeness (QED) is 0.596. The van der Waals surface area contributed by atoms with Crippen LogP contribution in [-0.4, -0.2) is 49.5 Å². The Morgan fingerprint density at radius 3 is 2.59 bits per heavy atom. The van der Waals surface area contributed by atoms with Gasteiger partial charge in [-0.05, 0) is 13.3 Å². The number of nitrogens with two attached hydrogens (primary N) is 1. The van der Waals surface area contributed by atoms with E-state index < -0.39 is 19.0 Å². The summed E-state index contributed by atoms with van der Waals surface area (Å²) in [6.07, 6.45) is -0.574. The Bertz CT molecular complexity index is 215. The van der Waals surface area contributed by atoms with Crippen molar-refractivity contribution in [2.45, 2.75) is 39.2 Å². The summed E-state index contributed by atoms with van der Waals surface area (Å²) >= 11 is 0. The van der Waals surface area contributed by atoms with Crippen LogP contribution in [-0.2, 0) is 4.79 Å². The van der Waals surface area contributed by atoms with E-state index in [1.165, 1.54) is 4.90 Å².